The zero-order valence-electron chi connectivity index (χ0n) is 11.2. The highest BCUT2D eigenvalue weighted by molar-refractivity contribution is 5.69. The van der Waals surface area contributed by atoms with Crippen molar-refractivity contribution in [3.05, 3.63) is 0 Å². The van der Waals surface area contributed by atoms with Crippen molar-refractivity contribution in [1.82, 2.24) is 4.90 Å². The highest BCUT2D eigenvalue weighted by Gasteiger charge is 2.07. The molecule has 0 N–H and O–H groups in total. The number of unbranched alkanes of at least 4 members (excludes halogenated alkanes) is 1. The first kappa shape index (κ1) is 16.4. The lowest BCUT2D eigenvalue weighted by atomic mass is 10.3. The van der Waals surface area contributed by atoms with Crippen LogP contribution < -0.4 is 0 Å². The SMILES string of the molecule is COCCCCN(CCOC)CCC(=O)OC. The molecule has 0 aromatic rings. The zero-order valence-corrected chi connectivity index (χ0v) is 11.2. The van der Waals surface area contributed by atoms with Crippen molar-refractivity contribution in [3.63, 3.8) is 0 Å². The maximum atomic E-state index is 11.1. The average molecular weight is 247 g/mol. The molecule has 0 aromatic carbocycles. The van der Waals surface area contributed by atoms with E-state index in [0.717, 1.165) is 39.1 Å². The van der Waals surface area contributed by atoms with E-state index in [1.165, 1.54) is 7.11 Å². The van der Waals surface area contributed by atoms with Crippen LogP contribution in [0.3, 0.4) is 0 Å². The van der Waals surface area contributed by atoms with E-state index >= 15 is 0 Å². The smallest absolute Gasteiger partial charge is 0.306 e. The third-order valence-corrected chi connectivity index (χ3v) is 2.54. The number of hydrogen-bond acceptors (Lipinski definition) is 5. The van der Waals surface area contributed by atoms with E-state index in [1.807, 2.05) is 0 Å². The highest BCUT2D eigenvalue weighted by atomic mass is 16.5. The summed E-state index contributed by atoms with van der Waals surface area (Å²) >= 11 is 0. The summed E-state index contributed by atoms with van der Waals surface area (Å²) in [5, 5.41) is 0. The van der Waals surface area contributed by atoms with Crippen molar-refractivity contribution in [1.29, 1.82) is 0 Å². The topological polar surface area (TPSA) is 48.0 Å². The molecule has 0 aliphatic heterocycles. The van der Waals surface area contributed by atoms with Crippen LogP contribution in [0.4, 0.5) is 0 Å². The van der Waals surface area contributed by atoms with E-state index in [2.05, 4.69) is 9.64 Å². The Balaban J connectivity index is 3.74. The van der Waals surface area contributed by atoms with Gasteiger partial charge in [0.05, 0.1) is 20.1 Å². The molecule has 0 heterocycles. The molecule has 0 saturated carbocycles. The lowest BCUT2D eigenvalue weighted by Crippen LogP contribution is -2.31. The summed E-state index contributed by atoms with van der Waals surface area (Å²) in [6, 6.07) is 0. The maximum absolute atomic E-state index is 11.1. The van der Waals surface area contributed by atoms with E-state index in [1.54, 1.807) is 14.2 Å². The quantitative estimate of drug-likeness (QED) is 0.401. The molecule has 0 aliphatic rings. The minimum atomic E-state index is -0.163. The van der Waals surface area contributed by atoms with E-state index in [4.69, 9.17) is 9.47 Å². The Labute approximate surface area is 104 Å². The lowest BCUT2D eigenvalue weighted by molar-refractivity contribution is -0.141. The number of hydrogen-bond donors (Lipinski definition) is 0. The van der Waals surface area contributed by atoms with Gasteiger partial charge in [0.25, 0.3) is 0 Å². The molecule has 0 fully saturated rings. The number of nitrogens with zero attached hydrogens (tertiary/aromatic N) is 1. The molecule has 0 unspecified atom stereocenters. The molecular formula is C12H25NO4. The van der Waals surface area contributed by atoms with Gasteiger partial charge in [-0.25, -0.2) is 0 Å². The Morgan fingerprint density at radius 1 is 0.941 bits per heavy atom. The minimum absolute atomic E-state index is 0.163. The van der Waals surface area contributed by atoms with E-state index in [0.29, 0.717) is 13.0 Å². The monoisotopic (exact) mass is 247 g/mol. The fourth-order valence-corrected chi connectivity index (χ4v) is 1.49. The van der Waals surface area contributed by atoms with Crippen LogP contribution in [0.2, 0.25) is 0 Å². The molecule has 5 nitrogen and oxygen atoms in total. The highest BCUT2D eigenvalue weighted by Crippen LogP contribution is 1.98. The van der Waals surface area contributed by atoms with Crippen molar-refractivity contribution >= 4 is 5.97 Å². The second-order valence-electron chi connectivity index (χ2n) is 3.86. The van der Waals surface area contributed by atoms with Gasteiger partial charge in [-0.3, -0.25) is 4.79 Å². The van der Waals surface area contributed by atoms with E-state index < -0.39 is 0 Å². The van der Waals surface area contributed by atoms with Crippen molar-refractivity contribution in [3.8, 4) is 0 Å². The Kier molecular flexibility index (Phi) is 11.4. The molecule has 0 bridgehead atoms. The second kappa shape index (κ2) is 11.8. The first-order chi connectivity index (χ1) is 8.24. The largest absolute Gasteiger partial charge is 0.469 e. The Hall–Kier alpha value is -0.650. The summed E-state index contributed by atoms with van der Waals surface area (Å²) in [5.41, 5.74) is 0. The summed E-state index contributed by atoms with van der Waals surface area (Å²) < 4.78 is 14.7. The fraction of sp³-hybridized carbons (Fsp3) is 0.917. The summed E-state index contributed by atoms with van der Waals surface area (Å²) in [6.45, 7) is 4.01. The molecule has 0 radical (unpaired) electrons. The second-order valence-corrected chi connectivity index (χ2v) is 3.86. The van der Waals surface area contributed by atoms with Gasteiger partial charge in [-0.1, -0.05) is 0 Å². The average Bonchev–Trinajstić information content (AvgIpc) is 2.36. The number of carbonyl (C=O) groups is 1. The number of rotatable bonds is 11. The third kappa shape index (κ3) is 10.2. The van der Waals surface area contributed by atoms with Crippen molar-refractivity contribution in [2.45, 2.75) is 19.3 Å². The molecule has 0 saturated heterocycles. The first-order valence-electron chi connectivity index (χ1n) is 6.01. The number of carbonyl (C=O) groups excluding carboxylic acids is 1. The Bertz CT molecular complexity index is 187. The molecular weight excluding hydrogens is 222 g/mol. The van der Waals surface area contributed by atoms with Gasteiger partial charge in [-0.05, 0) is 19.4 Å². The van der Waals surface area contributed by atoms with Crippen molar-refractivity contribution < 1.29 is 19.0 Å². The molecule has 0 aromatic heterocycles. The van der Waals surface area contributed by atoms with Crippen LogP contribution in [0.5, 0.6) is 0 Å². The minimum Gasteiger partial charge on any atom is -0.469 e. The molecule has 0 amide bonds. The van der Waals surface area contributed by atoms with Crippen LogP contribution in [0.25, 0.3) is 0 Å². The molecule has 0 spiro atoms. The van der Waals surface area contributed by atoms with Crippen molar-refractivity contribution in [2.24, 2.45) is 0 Å². The molecule has 0 atom stereocenters. The summed E-state index contributed by atoms with van der Waals surface area (Å²) in [4.78, 5) is 13.3. The van der Waals surface area contributed by atoms with Crippen LogP contribution in [0, 0.1) is 0 Å². The number of methoxy groups -OCH3 is 3. The predicted octanol–water partition coefficient (Wildman–Crippen LogP) is 0.925. The normalized spacial score (nSPS) is 10.8. The standard InChI is InChI=1S/C12H25NO4/c1-15-10-5-4-7-13(9-11-16-2)8-6-12(14)17-3/h4-11H2,1-3H3. The van der Waals surface area contributed by atoms with Gasteiger partial charge in [-0.15, -0.1) is 0 Å². The number of ether oxygens (including phenoxy) is 3. The lowest BCUT2D eigenvalue weighted by Gasteiger charge is -2.21. The van der Waals surface area contributed by atoms with Crippen molar-refractivity contribution in [2.75, 3.05) is 54.2 Å². The fourth-order valence-electron chi connectivity index (χ4n) is 1.49. The van der Waals surface area contributed by atoms with Crippen LogP contribution >= 0.6 is 0 Å². The predicted molar refractivity (Wildman–Crippen MR) is 66.1 cm³/mol. The van der Waals surface area contributed by atoms with Gasteiger partial charge >= 0.3 is 5.97 Å². The van der Waals surface area contributed by atoms with E-state index in [-0.39, 0.29) is 5.97 Å². The molecule has 5 heteroatoms. The first-order valence-corrected chi connectivity index (χ1v) is 6.01. The van der Waals surface area contributed by atoms with Gasteiger partial charge in [-0.2, -0.15) is 0 Å². The number of esters is 1. The van der Waals surface area contributed by atoms with Crippen LogP contribution in [-0.4, -0.2) is 65.0 Å². The molecule has 0 aliphatic carbocycles. The van der Waals surface area contributed by atoms with Crippen LogP contribution in [0.15, 0.2) is 0 Å². The molecule has 102 valence electrons. The molecule has 0 rings (SSSR count). The Morgan fingerprint density at radius 2 is 1.65 bits per heavy atom. The third-order valence-electron chi connectivity index (χ3n) is 2.54. The van der Waals surface area contributed by atoms with Gasteiger partial charge < -0.3 is 19.1 Å². The van der Waals surface area contributed by atoms with Gasteiger partial charge in [0, 0.05) is 33.9 Å². The van der Waals surface area contributed by atoms with Crippen LogP contribution in [-0.2, 0) is 19.0 Å². The zero-order chi connectivity index (χ0) is 12.9. The van der Waals surface area contributed by atoms with Gasteiger partial charge in [0.2, 0.25) is 0 Å². The van der Waals surface area contributed by atoms with Gasteiger partial charge in [0.1, 0.15) is 0 Å². The molecule has 17 heavy (non-hydrogen) atoms. The van der Waals surface area contributed by atoms with Gasteiger partial charge in [0.15, 0.2) is 0 Å². The summed E-state index contributed by atoms with van der Waals surface area (Å²) in [7, 11) is 4.81. The summed E-state index contributed by atoms with van der Waals surface area (Å²) in [6.07, 6.45) is 2.54. The van der Waals surface area contributed by atoms with Crippen LogP contribution in [0.1, 0.15) is 19.3 Å². The van der Waals surface area contributed by atoms with E-state index in [9.17, 15) is 4.79 Å². The maximum Gasteiger partial charge on any atom is 0.306 e. The Morgan fingerprint density at radius 3 is 2.24 bits per heavy atom. The summed E-state index contributed by atoms with van der Waals surface area (Å²) in [5.74, 6) is -0.163.